The molecule has 0 aliphatic rings. The van der Waals surface area contributed by atoms with Crippen molar-refractivity contribution in [2.45, 2.75) is 37.4 Å². The number of aliphatic hydroxyl groups excluding tert-OH is 6. The Morgan fingerprint density at radius 2 is 1.54 bits per heavy atom. The molecule has 0 spiro atoms. The summed E-state index contributed by atoms with van der Waals surface area (Å²) in [5, 5.41) is 53.7. The van der Waals surface area contributed by atoms with Gasteiger partial charge in [0.1, 0.15) is 24.4 Å². The monoisotopic (exact) mass is 197 g/mol. The molecule has 0 aliphatic heterocycles. The van der Waals surface area contributed by atoms with Crippen LogP contribution in [0.1, 0.15) is 8.27 Å². The Bertz CT molecular complexity index is 141. The highest BCUT2D eigenvalue weighted by Gasteiger charge is 2.32. The molecule has 0 aliphatic carbocycles. The third kappa shape index (κ3) is 3.55. The first-order valence-corrected chi connectivity index (χ1v) is 3.76. The zero-order chi connectivity index (χ0) is 11.3. The standard InChI is InChI=1S/C7H16O6/c1-3(9)5(11)7(13)6(12)4(10)2-8/h3-13H,2H2,1H3/t3?,4-,5-,6-,7-/m1/s1/i1D. The topological polar surface area (TPSA) is 121 Å². The van der Waals surface area contributed by atoms with Gasteiger partial charge in [-0.15, -0.1) is 0 Å². The molecule has 13 heavy (non-hydrogen) atoms. The van der Waals surface area contributed by atoms with E-state index in [4.69, 9.17) is 26.9 Å². The van der Waals surface area contributed by atoms with Crippen LogP contribution in [0.3, 0.4) is 0 Å². The van der Waals surface area contributed by atoms with E-state index in [-0.39, 0.29) is 0 Å². The summed E-state index contributed by atoms with van der Waals surface area (Å²) in [6, 6.07) is 0. The van der Waals surface area contributed by atoms with Crippen LogP contribution in [0, 0.1) is 0 Å². The predicted molar refractivity (Wildman–Crippen MR) is 42.8 cm³/mol. The van der Waals surface area contributed by atoms with Gasteiger partial charge in [0.25, 0.3) is 0 Å². The van der Waals surface area contributed by atoms with E-state index in [0.717, 1.165) is 0 Å². The van der Waals surface area contributed by atoms with E-state index in [1.54, 1.807) is 0 Å². The Hall–Kier alpha value is -0.240. The summed E-state index contributed by atoms with van der Waals surface area (Å²) in [7, 11) is 0. The molecule has 0 fully saturated rings. The molecule has 0 aromatic rings. The fraction of sp³-hybridized carbons (Fsp3) is 1.00. The smallest absolute Gasteiger partial charge is 0.111 e. The normalized spacial score (nSPS) is 24.3. The zero-order valence-electron chi connectivity index (χ0n) is 7.98. The maximum absolute atomic E-state index is 9.17. The van der Waals surface area contributed by atoms with E-state index in [1.165, 1.54) is 0 Å². The lowest BCUT2D eigenvalue weighted by atomic mass is 10.0. The highest BCUT2D eigenvalue weighted by atomic mass is 16.4. The SMILES string of the molecule is [2H]CC(O)[C@@H](O)[C@@H](O)[C@H](O)[C@H](O)CO. The van der Waals surface area contributed by atoms with Crippen molar-refractivity contribution in [2.24, 2.45) is 0 Å². The minimum absolute atomic E-state index is 0.542. The Kier molecular flexibility index (Phi) is 4.57. The van der Waals surface area contributed by atoms with E-state index < -0.39 is 44.0 Å². The second kappa shape index (κ2) is 5.48. The van der Waals surface area contributed by atoms with Crippen LogP contribution >= 0.6 is 0 Å². The Morgan fingerprint density at radius 1 is 1.00 bits per heavy atom. The minimum atomic E-state index is -1.81. The molecule has 0 bridgehead atoms. The Balaban J connectivity index is 4.22. The first-order valence-electron chi connectivity index (χ1n) is 4.46. The maximum atomic E-state index is 9.17. The van der Waals surface area contributed by atoms with Crippen molar-refractivity contribution in [1.29, 1.82) is 0 Å². The van der Waals surface area contributed by atoms with Crippen LogP contribution in [0.5, 0.6) is 0 Å². The predicted octanol–water partition coefficient (Wildman–Crippen LogP) is -3.20. The molecule has 0 rings (SSSR count). The number of rotatable bonds is 5. The second-order valence-corrected chi connectivity index (χ2v) is 2.79. The summed E-state index contributed by atoms with van der Waals surface area (Å²) in [4.78, 5) is 0. The first kappa shape index (κ1) is 10.8. The van der Waals surface area contributed by atoms with Gasteiger partial charge in [-0.25, -0.2) is 0 Å². The van der Waals surface area contributed by atoms with Crippen molar-refractivity contribution in [3.05, 3.63) is 0 Å². The van der Waals surface area contributed by atoms with E-state index in [9.17, 15) is 5.11 Å². The quantitative estimate of drug-likeness (QED) is 0.276. The lowest BCUT2D eigenvalue weighted by Gasteiger charge is -2.26. The molecule has 1 unspecified atom stereocenters. The lowest BCUT2D eigenvalue weighted by Crippen LogP contribution is -2.49. The molecule has 6 nitrogen and oxygen atoms in total. The molecule has 0 aromatic carbocycles. The Labute approximate surface area is 77.1 Å². The molecule has 5 atom stereocenters. The largest absolute Gasteiger partial charge is 0.394 e. The van der Waals surface area contributed by atoms with Gasteiger partial charge in [-0.05, 0) is 6.90 Å². The van der Waals surface area contributed by atoms with Crippen LogP contribution < -0.4 is 0 Å². The van der Waals surface area contributed by atoms with E-state index in [1.807, 2.05) is 0 Å². The summed E-state index contributed by atoms with van der Waals surface area (Å²) < 4.78 is 6.71. The fourth-order valence-corrected chi connectivity index (χ4v) is 0.765. The third-order valence-corrected chi connectivity index (χ3v) is 1.68. The molecule has 6 N–H and O–H groups in total. The van der Waals surface area contributed by atoms with Crippen LogP contribution in [-0.4, -0.2) is 67.8 Å². The summed E-state index contributed by atoms with van der Waals surface area (Å²) in [5.41, 5.74) is 0. The van der Waals surface area contributed by atoms with Gasteiger partial charge >= 0.3 is 0 Å². The average molecular weight is 197 g/mol. The van der Waals surface area contributed by atoms with Crippen LogP contribution in [0.25, 0.3) is 0 Å². The molecule has 0 amide bonds. The second-order valence-electron chi connectivity index (χ2n) is 2.79. The van der Waals surface area contributed by atoms with Crippen LogP contribution in [0.2, 0.25) is 0 Å². The summed E-state index contributed by atoms with van der Waals surface area (Å²) >= 11 is 0. The van der Waals surface area contributed by atoms with Crippen molar-refractivity contribution in [3.63, 3.8) is 0 Å². The molecule has 80 valence electrons. The molecule has 0 saturated carbocycles. The minimum Gasteiger partial charge on any atom is -0.394 e. The summed E-state index contributed by atoms with van der Waals surface area (Å²) in [5.74, 6) is 0. The molecule has 0 radical (unpaired) electrons. The first-order chi connectivity index (χ1) is 6.45. The highest BCUT2D eigenvalue weighted by Crippen LogP contribution is 2.07. The van der Waals surface area contributed by atoms with Crippen LogP contribution in [0.15, 0.2) is 0 Å². The summed E-state index contributed by atoms with van der Waals surface area (Å²) in [6.45, 7) is -1.32. The fourth-order valence-electron chi connectivity index (χ4n) is 0.765. The van der Waals surface area contributed by atoms with Gasteiger partial charge in [-0.3, -0.25) is 0 Å². The molecular weight excluding hydrogens is 180 g/mol. The van der Waals surface area contributed by atoms with Crippen LogP contribution in [-0.2, 0) is 0 Å². The molecule has 0 saturated heterocycles. The van der Waals surface area contributed by atoms with Gasteiger partial charge in [-0.1, -0.05) is 0 Å². The van der Waals surface area contributed by atoms with Crippen molar-refractivity contribution in [1.82, 2.24) is 0 Å². The van der Waals surface area contributed by atoms with Crippen molar-refractivity contribution >= 4 is 0 Å². The number of aliphatic hydroxyl groups is 6. The van der Waals surface area contributed by atoms with E-state index >= 15 is 0 Å². The molecule has 6 heteroatoms. The average Bonchev–Trinajstić information content (AvgIpc) is 2.23. The third-order valence-electron chi connectivity index (χ3n) is 1.68. The maximum Gasteiger partial charge on any atom is 0.111 e. The Morgan fingerprint density at radius 3 is 1.92 bits per heavy atom. The molecule has 0 aromatic heterocycles. The van der Waals surface area contributed by atoms with Gasteiger partial charge in [0.2, 0.25) is 0 Å². The van der Waals surface area contributed by atoms with Crippen molar-refractivity contribution < 1.29 is 32.0 Å². The van der Waals surface area contributed by atoms with E-state index in [2.05, 4.69) is 0 Å². The van der Waals surface area contributed by atoms with Crippen LogP contribution in [0.4, 0.5) is 0 Å². The van der Waals surface area contributed by atoms with Crippen molar-refractivity contribution in [3.8, 4) is 0 Å². The van der Waals surface area contributed by atoms with Gasteiger partial charge in [0, 0.05) is 1.37 Å². The molecular formula is C7H16O6. The van der Waals surface area contributed by atoms with E-state index in [0.29, 0.717) is 0 Å². The van der Waals surface area contributed by atoms with Gasteiger partial charge in [0.05, 0.1) is 12.7 Å². The number of hydrogen-bond donors (Lipinski definition) is 6. The highest BCUT2D eigenvalue weighted by molar-refractivity contribution is 4.82. The summed E-state index contributed by atoms with van der Waals surface area (Å²) in [6.07, 6.45) is -8.42. The number of hydrogen-bond acceptors (Lipinski definition) is 6. The zero-order valence-corrected chi connectivity index (χ0v) is 6.98. The molecule has 0 heterocycles. The lowest BCUT2D eigenvalue weighted by molar-refractivity contribution is -0.137. The van der Waals surface area contributed by atoms with Crippen molar-refractivity contribution in [2.75, 3.05) is 6.61 Å². The van der Waals surface area contributed by atoms with Gasteiger partial charge in [0.15, 0.2) is 0 Å². The van der Waals surface area contributed by atoms with Gasteiger partial charge < -0.3 is 30.6 Å². The van der Waals surface area contributed by atoms with Gasteiger partial charge in [-0.2, -0.15) is 0 Å².